The maximum absolute atomic E-state index is 12.4. The molecule has 0 bridgehead atoms. The van der Waals surface area contributed by atoms with Crippen molar-refractivity contribution in [3.63, 3.8) is 0 Å². The first kappa shape index (κ1) is 16.7. The summed E-state index contributed by atoms with van der Waals surface area (Å²) in [6.07, 6.45) is 4.12. The van der Waals surface area contributed by atoms with Gasteiger partial charge in [-0.1, -0.05) is 0 Å². The molecule has 1 aliphatic heterocycles. The molecule has 1 saturated heterocycles. The summed E-state index contributed by atoms with van der Waals surface area (Å²) in [6.45, 7) is 4.30. The van der Waals surface area contributed by atoms with E-state index in [9.17, 15) is 9.00 Å². The topological polar surface area (TPSA) is 49.4 Å². The first-order valence-corrected chi connectivity index (χ1v) is 9.71. The Morgan fingerprint density at radius 2 is 1.75 bits per heavy atom. The summed E-state index contributed by atoms with van der Waals surface area (Å²) in [5, 5.41) is 2.93. The highest BCUT2D eigenvalue weighted by Gasteiger charge is 2.15. The van der Waals surface area contributed by atoms with Gasteiger partial charge >= 0.3 is 0 Å². The lowest BCUT2D eigenvalue weighted by Crippen LogP contribution is -2.19. The predicted molar refractivity (Wildman–Crippen MR) is 99.4 cm³/mol. The van der Waals surface area contributed by atoms with Crippen LogP contribution in [0.25, 0.3) is 0 Å². The van der Waals surface area contributed by atoms with Gasteiger partial charge in [0.15, 0.2) is 0 Å². The van der Waals surface area contributed by atoms with Crippen molar-refractivity contribution >= 4 is 28.1 Å². The molecule has 2 aromatic rings. The van der Waals surface area contributed by atoms with Crippen molar-refractivity contribution < 1.29 is 9.00 Å². The van der Waals surface area contributed by atoms with E-state index >= 15 is 0 Å². The van der Waals surface area contributed by atoms with Gasteiger partial charge in [0.2, 0.25) is 0 Å². The number of anilines is 2. The summed E-state index contributed by atoms with van der Waals surface area (Å²) in [4.78, 5) is 15.5. The van der Waals surface area contributed by atoms with Gasteiger partial charge in [0, 0.05) is 52.0 Å². The number of carbonyl (C=O) groups is 1. The monoisotopic (exact) mass is 342 g/mol. The molecular weight excluding hydrogens is 320 g/mol. The quantitative estimate of drug-likeness (QED) is 0.924. The number of amides is 1. The lowest BCUT2D eigenvalue weighted by atomic mass is 10.1. The molecule has 0 aromatic heterocycles. The Labute approximate surface area is 145 Å². The van der Waals surface area contributed by atoms with E-state index in [4.69, 9.17) is 0 Å². The van der Waals surface area contributed by atoms with Crippen molar-refractivity contribution in [2.75, 3.05) is 29.6 Å². The second-order valence-corrected chi connectivity index (χ2v) is 7.51. The largest absolute Gasteiger partial charge is 0.371 e. The minimum absolute atomic E-state index is 0.156. The van der Waals surface area contributed by atoms with E-state index < -0.39 is 10.8 Å². The molecule has 1 amide bonds. The molecule has 0 saturated carbocycles. The number of carbonyl (C=O) groups excluding carboxylic acids is 1. The second kappa shape index (κ2) is 7.18. The number of rotatable bonds is 4. The Bertz CT molecular complexity index is 765. The standard InChI is InChI=1S/C19H22N2O2S/c1-14-13-16(7-10-18(14)21-11-3-4-12-21)20-19(22)15-5-8-17(9-6-15)24(2)23/h5-10,13H,3-4,11-12H2,1-2H3,(H,20,22). The summed E-state index contributed by atoms with van der Waals surface area (Å²) < 4.78 is 11.4. The lowest BCUT2D eigenvalue weighted by Gasteiger charge is -2.20. The third-order valence-corrected chi connectivity index (χ3v) is 5.29. The molecule has 1 aliphatic rings. The van der Waals surface area contributed by atoms with Crippen LogP contribution in [0.15, 0.2) is 47.4 Å². The first-order chi connectivity index (χ1) is 11.5. The van der Waals surface area contributed by atoms with E-state index in [1.807, 2.05) is 12.1 Å². The first-order valence-electron chi connectivity index (χ1n) is 8.15. The van der Waals surface area contributed by atoms with E-state index in [1.165, 1.54) is 24.1 Å². The van der Waals surface area contributed by atoms with Crippen LogP contribution in [-0.4, -0.2) is 29.5 Å². The Kier molecular flexibility index (Phi) is 5.00. The van der Waals surface area contributed by atoms with E-state index in [2.05, 4.69) is 23.2 Å². The Hall–Kier alpha value is -2.14. The van der Waals surface area contributed by atoms with E-state index in [-0.39, 0.29) is 5.91 Å². The van der Waals surface area contributed by atoms with Gasteiger partial charge in [0.1, 0.15) is 0 Å². The summed E-state index contributed by atoms with van der Waals surface area (Å²) in [7, 11) is -1.03. The van der Waals surface area contributed by atoms with Crippen molar-refractivity contribution in [3.8, 4) is 0 Å². The van der Waals surface area contributed by atoms with Crippen LogP contribution in [0.5, 0.6) is 0 Å². The third-order valence-electron chi connectivity index (χ3n) is 4.35. The fourth-order valence-electron chi connectivity index (χ4n) is 3.05. The van der Waals surface area contributed by atoms with Crippen LogP contribution in [-0.2, 0) is 10.8 Å². The maximum atomic E-state index is 12.4. The molecule has 5 heteroatoms. The van der Waals surface area contributed by atoms with E-state index in [0.29, 0.717) is 5.56 Å². The van der Waals surface area contributed by atoms with Crippen LogP contribution in [0.3, 0.4) is 0 Å². The van der Waals surface area contributed by atoms with Crippen LogP contribution in [0.2, 0.25) is 0 Å². The molecule has 24 heavy (non-hydrogen) atoms. The molecule has 3 rings (SSSR count). The molecule has 1 N–H and O–H groups in total. The molecule has 1 atom stereocenters. The lowest BCUT2D eigenvalue weighted by molar-refractivity contribution is 0.102. The Morgan fingerprint density at radius 1 is 1.08 bits per heavy atom. The highest BCUT2D eigenvalue weighted by molar-refractivity contribution is 7.84. The predicted octanol–water partition coefficient (Wildman–Crippen LogP) is 3.58. The zero-order chi connectivity index (χ0) is 17.1. The Morgan fingerprint density at radius 3 is 2.33 bits per heavy atom. The minimum atomic E-state index is -1.03. The van der Waals surface area contributed by atoms with Gasteiger partial charge in [-0.3, -0.25) is 9.00 Å². The Balaban J connectivity index is 1.72. The molecular formula is C19H22N2O2S. The summed E-state index contributed by atoms with van der Waals surface area (Å²) in [6, 6.07) is 12.9. The van der Waals surface area contributed by atoms with Crippen LogP contribution in [0.4, 0.5) is 11.4 Å². The van der Waals surface area contributed by atoms with Gasteiger partial charge in [-0.15, -0.1) is 0 Å². The fraction of sp³-hybridized carbons (Fsp3) is 0.316. The zero-order valence-electron chi connectivity index (χ0n) is 14.0. The highest BCUT2D eigenvalue weighted by atomic mass is 32.2. The normalized spacial score (nSPS) is 15.3. The van der Waals surface area contributed by atoms with Crippen molar-refractivity contribution in [3.05, 3.63) is 53.6 Å². The number of hydrogen-bond acceptors (Lipinski definition) is 3. The molecule has 126 valence electrons. The van der Waals surface area contributed by atoms with E-state index in [0.717, 1.165) is 23.7 Å². The smallest absolute Gasteiger partial charge is 0.255 e. The van der Waals surface area contributed by atoms with Gasteiger partial charge in [-0.2, -0.15) is 0 Å². The number of aryl methyl sites for hydroxylation is 1. The second-order valence-electron chi connectivity index (χ2n) is 6.13. The van der Waals surface area contributed by atoms with Gasteiger partial charge < -0.3 is 10.2 Å². The number of benzene rings is 2. The van der Waals surface area contributed by atoms with Crippen molar-refractivity contribution in [1.82, 2.24) is 0 Å². The van der Waals surface area contributed by atoms with Crippen LogP contribution in [0, 0.1) is 6.92 Å². The SMILES string of the molecule is Cc1cc(NC(=O)c2ccc(S(C)=O)cc2)ccc1N1CCCC1. The molecule has 0 aliphatic carbocycles. The summed E-state index contributed by atoms with van der Waals surface area (Å²) in [5.41, 5.74) is 3.78. The molecule has 2 aromatic carbocycles. The molecule has 4 nitrogen and oxygen atoms in total. The molecule has 1 fully saturated rings. The fourth-order valence-corrected chi connectivity index (χ4v) is 3.57. The van der Waals surface area contributed by atoms with Crippen LogP contribution < -0.4 is 10.2 Å². The number of nitrogens with one attached hydrogen (secondary N) is 1. The van der Waals surface area contributed by atoms with Gasteiger partial charge in [-0.25, -0.2) is 0 Å². The zero-order valence-corrected chi connectivity index (χ0v) is 14.9. The van der Waals surface area contributed by atoms with Crippen LogP contribution in [0.1, 0.15) is 28.8 Å². The van der Waals surface area contributed by atoms with Gasteiger partial charge in [0.05, 0.1) is 0 Å². The van der Waals surface area contributed by atoms with Crippen molar-refractivity contribution in [2.24, 2.45) is 0 Å². The number of hydrogen-bond donors (Lipinski definition) is 1. The molecule has 1 heterocycles. The third kappa shape index (κ3) is 3.67. The van der Waals surface area contributed by atoms with E-state index in [1.54, 1.807) is 30.5 Å². The number of nitrogens with zero attached hydrogens (tertiary/aromatic N) is 1. The van der Waals surface area contributed by atoms with Gasteiger partial charge in [-0.05, 0) is 67.8 Å². The summed E-state index contributed by atoms with van der Waals surface area (Å²) in [5.74, 6) is -0.156. The molecule has 0 spiro atoms. The summed E-state index contributed by atoms with van der Waals surface area (Å²) >= 11 is 0. The average Bonchev–Trinajstić information content (AvgIpc) is 3.09. The van der Waals surface area contributed by atoms with Gasteiger partial charge in [0.25, 0.3) is 5.91 Å². The molecule has 1 unspecified atom stereocenters. The molecule has 0 radical (unpaired) electrons. The maximum Gasteiger partial charge on any atom is 0.255 e. The highest BCUT2D eigenvalue weighted by Crippen LogP contribution is 2.27. The van der Waals surface area contributed by atoms with Crippen molar-refractivity contribution in [2.45, 2.75) is 24.7 Å². The van der Waals surface area contributed by atoms with Crippen molar-refractivity contribution in [1.29, 1.82) is 0 Å². The minimum Gasteiger partial charge on any atom is -0.371 e. The average molecular weight is 342 g/mol. The van der Waals surface area contributed by atoms with Crippen LogP contribution >= 0.6 is 0 Å².